The molecule has 2 aromatic rings. The Morgan fingerprint density at radius 2 is 1.94 bits per heavy atom. The van der Waals surface area contributed by atoms with Crippen LogP contribution in [0.4, 0.5) is 0 Å². The van der Waals surface area contributed by atoms with Gasteiger partial charge in [-0.3, -0.25) is 0 Å². The van der Waals surface area contributed by atoms with Gasteiger partial charge in [-0.15, -0.1) is 0 Å². The summed E-state index contributed by atoms with van der Waals surface area (Å²) in [5.74, 6) is 0.601. The molecule has 0 bridgehead atoms. The van der Waals surface area contributed by atoms with Crippen molar-refractivity contribution in [1.82, 2.24) is 9.97 Å². The number of hydrogen-bond acceptors (Lipinski definition) is 4. The molecule has 0 aliphatic heterocycles. The zero-order valence-electron chi connectivity index (χ0n) is 9.76. The first-order chi connectivity index (χ1) is 8.36. The van der Waals surface area contributed by atoms with Crippen molar-refractivity contribution in [2.45, 2.75) is 6.42 Å². The molecule has 0 atom stereocenters. The van der Waals surface area contributed by atoms with Gasteiger partial charge in [-0.2, -0.15) is 0 Å². The SMILES string of the molecule is COc1ncnc(-c2ccccc2)c1CCN. The van der Waals surface area contributed by atoms with Crippen molar-refractivity contribution in [3.05, 3.63) is 42.2 Å². The second-order valence-electron chi connectivity index (χ2n) is 3.61. The van der Waals surface area contributed by atoms with E-state index in [1.54, 1.807) is 7.11 Å². The van der Waals surface area contributed by atoms with Gasteiger partial charge in [-0.25, -0.2) is 9.97 Å². The van der Waals surface area contributed by atoms with E-state index < -0.39 is 0 Å². The third-order valence-electron chi connectivity index (χ3n) is 2.54. The molecule has 0 spiro atoms. The van der Waals surface area contributed by atoms with E-state index in [0.717, 1.165) is 16.8 Å². The molecule has 0 fully saturated rings. The van der Waals surface area contributed by atoms with Crippen LogP contribution in [-0.2, 0) is 6.42 Å². The summed E-state index contributed by atoms with van der Waals surface area (Å²) in [4.78, 5) is 8.44. The average molecular weight is 229 g/mol. The van der Waals surface area contributed by atoms with Crippen LogP contribution in [0, 0.1) is 0 Å². The van der Waals surface area contributed by atoms with E-state index in [0.29, 0.717) is 18.8 Å². The Bertz CT molecular complexity index is 485. The van der Waals surface area contributed by atoms with Crippen molar-refractivity contribution in [3.8, 4) is 17.1 Å². The molecule has 4 nitrogen and oxygen atoms in total. The highest BCUT2D eigenvalue weighted by Crippen LogP contribution is 2.26. The molecule has 2 rings (SSSR count). The summed E-state index contributed by atoms with van der Waals surface area (Å²) in [6.45, 7) is 0.545. The molecule has 0 radical (unpaired) electrons. The summed E-state index contributed by atoms with van der Waals surface area (Å²) in [6, 6.07) is 9.97. The molecular weight excluding hydrogens is 214 g/mol. The second-order valence-corrected chi connectivity index (χ2v) is 3.61. The number of rotatable bonds is 4. The summed E-state index contributed by atoms with van der Waals surface area (Å²) in [5.41, 5.74) is 8.53. The van der Waals surface area contributed by atoms with Crippen LogP contribution in [0.1, 0.15) is 5.56 Å². The lowest BCUT2D eigenvalue weighted by atomic mass is 10.0. The Hall–Kier alpha value is -1.94. The first-order valence-corrected chi connectivity index (χ1v) is 5.50. The summed E-state index contributed by atoms with van der Waals surface area (Å²) in [6.07, 6.45) is 2.22. The van der Waals surface area contributed by atoms with Crippen molar-refractivity contribution in [2.24, 2.45) is 5.73 Å². The molecule has 0 amide bonds. The molecule has 1 heterocycles. The zero-order chi connectivity index (χ0) is 12.1. The molecule has 88 valence electrons. The molecule has 0 saturated carbocycles. The summed E-state index contributed by atoms with van der Waals surface area (Å²) >= 11 is 0. The average Bonchev–Trinajstić information content (AvgIpc) is 2.40. The number of benzene rings is 1. The van der Waals surface area contributed by atoms with Crippen molar-refractivity contribution in [1.29, 1.82) is 0 Å². The van der Waals surface area contributed by atoms with E-state index in [-0.39, 0.29) is 0 Å². The number of nitrogens with two attached hydrogens (primary N) is 1. The van der Waals surface area contributed by atoms with Gasteiger partial charge >= 0.3 is 0 Å². The first-order valence-electron chi connectivity index (χ1n) is 5.50. The van der Waals surface area contributed by atoms with Crippen molar-refractivity contribution >= 4 is 0 Å². The van der Waals surface area contributed by atoms with Gasteiger partial charge < -0.3 is 10.5 Å². The monoisotopic (exact) mass is 229 g/mol. The van der Waals surface area contributed by atoms with Crippen LogP contribution in [-0.4, -0.2) is 23.6 Å². The predicted molar refractivity (Wildman–Crippen MR) is 66.8 cm³/mol. The number of ether oxygens (including phenoxy) is 1. The van der Waals surface area contributed by atoms with E-state index in [2.05, 4.69) is 9.97 Å². The summed E-state index contributed by atoms with van der Waals surface area (Å²) < 4.78 is 5.25. The van der Waals surface area contributed by atoms with Crippen LogP contribution in [0.3, 0.4) is 0 Å². The Balaban J connectivity index is 2.53. The van der Waals surface area contributed by atoms with E-state index in [1.165, 1.54) is 6.33 Å². The Labute approximate surface area is 100 Å². The van der Waals surface area contributed by atoms with Gasteiger partial charge in [0.2, 0.25) is 5.88 Å². The quantitative estimate of drug-likeness (QED) is 0.866. The smallest absolute Gasteiger partial charge is 0.220 e. The minimum absolute atomic E-state index is 0.545. The maximum Gasteiger partial charge on any atom is 0.220 e. The van der Waals surface area contributed by atoms with Gasteiger partial charge in [0.15, 0.2) is 0 Å². The fourth-order valence-electron chi connectivity index (χ4n) is 1.79. The van der Waals surface area contributed by atoms with Gasteiger partial charge in [0.25, 0.3) is 0 Å². The van der Waals surface area contributed by atoms with Crippen LogP contribution < -0.4 is 10.5 Å². The van der Waals surface area contributed by atoms with E-state index in [9.17, 15) is 0 Å². The molecule has 17 heavy (non-hydrogen) atoms. The third kappa shape index (κ3) is 2.42. The highest BCUT2D eigenvalue weighted by atomic mass is 16.5. The Morgan fingerprint density at radius 3 is 2.59 bits per heavy atom. The molecule has 1 aromatic carbocycles. The highest BCUT2D eigenvalue weighted by molar-refractivity contribution is 5.64. The third-order valence-corrected chi connectivity index (χ3v) is 2.54. The minimum atomic E-state index is 0.545. The number of methoxy groups -OCH3 is 1. The summed E-state index contributed by atoms with van der Waals surface area (Å²) in [5, 5.41) is 0. The fraction of sp³-hybridized carbons (Fsp3) is 0.231. The van der Waals surface area contributed by atoms with Crippen LogP contribution in [0.25, 0.3) is 11.3 Å². The Kier molecular flexibility index (Phi) is 3.67. The topological polar surface area (TPSA) is 61.0 Å². The largest absolute Gasteiger partial charge is 0.481 e. The van der Waals surface area contributed by atoms with Crippen LogP contribution in [0.2, 0.25) is 0 Å². The first kappa shape index (κ1) is 11.5. The summed E-state index contributed by atoms with van der Waals surface area (Å²) in [7, 11) is 1.61. The van der Waals surface area contributed by atoms with Crippen molar-refractivity contribution in [2.75, 3.05) is 13.7 Å². The van der Waals surface area contributed by atoms with Gasteiger partial charge in [0.1, 0.15) is 6.33 Å². The minimum Gasteiger partial charge on any atom is -0.481 e. The van der Waals surface area contributed by atoms with Gasteiger partial charge in [-0.1, -0.05) is 30.3 Å². The molecule has 0 aliphatic rings. The normalized spacial score (nSPS) is 10.2. The molecule has 0 unspecified atom stereocenters. The van der Waals surface area contributed by atoms with E-state index in [1.807, 2.05) is 30.3 Å². The lowest BCUT2D eigenvalue weighted by Gasteiger charge is -2.11. The van der Waals surface area contributed by atoms with Crippen LogP contribution in [0.15, 0.2) is 36.7 Å². The maximum atomic E-state index is 5.62. The maximum absolute atomic E-state index is 5.62. The standard InChI is InChI=1S/C13H15N3O/c1-17-13-11(7-8-14)12(15-9-16-13)10-5-3-2-4-6-10/h2-6,9H,7-8,14H2,1H3. The molecule has 0 saturated heterocycles. The number of nitrogens with zero attached hydrogens (tertiary/aromatic N) is 2. The second kappa shape index (κ2) is 5.41. The van der Waals surface area contributed by atoms with E-state index in [4.69, 9.17) is 10.5 Å². The lowest BCUT2D eigenvalue weighted by Crippen LogP contribution is -2.08. The molecule has 2 N–H and O–H groups in total. The molecule has 4 heteroatoms. The van der Waals surface area contributed by atoms with Crippen LogP contribution in [0.5, 0.6) is 5.88 Å². The van der Waals surface area contributed by atoms with Crippen LogP contribution >= 0.6 is 0 Å². The predicted octanol–water partition coefficient (Wildman–Crippen LogP) is 1.65. The highest BCUT2D eigenvalue weighted by Gasteiger charge is 2.12. The van der Waals surface area contributed by atoms with Gasteiger partial charge in [0.05, 0.1) is 12.8 Å². The molecular formula is C13H15N3O. The van der Waals surface area contributed by atoms with Crippen molar-refractivity contribution in [3.63, 3.8) is 0 Å². The fourth-order valence-corrected chi connectivity index (χ4v) is 1.79. The number of hydrogen-bond donors (Lipinski definition) is 1. The van der Waals surface area contributed by atoms with Gasteiger partial charge in [-0.05, 0) is 13.0 Å². The number of aromatic nitrogens is 2. The lowest BCUT2D eigenvalue weighted by molar-refractivity contribution is 0.391. The molecule has 0 aliphatic carbocycles. The van der Waals surface area contributed by atoms with Crippen molar-refractivity contribution < 1.29 is 4.74 Å². The zero-order valence-corrected chi connectivity index (χ0v) is 9.76. The Morgan fingerprint density at radius 1 is 1.18 bits per heavy atom. The van der Waals surface area contributed by atoms with Gasteiger partial charge in [0, 0.05) is 11.1 Å². The van der Waals surface area contributed by atoms with E-state index >= 15 is 0 Å². The molecule has 1 aromatic heterocycles.